The lowest BCUT2D eigenvalue weighted by atomic mass is 9.66. The van der Waals surface area contributed by atoms with Crippen molar-refractivity contribution in [2.45, 2.75) is 76.9 Å². The minimum atomic E-state index is -0.749. The zero-order valence-corrected chi connectivity index (χ0v) is 22.2. The van der Waals surface area contributed by atoms with E-state index in [9.17, 15) is 9.59 Å². The van der Waals surface area contributed by atoms with E-state index >= 15 is 0 Å². The van der Waals surface area contributed by atoms with Gasteiger partial charge in [-0.3, -0.25) is 4.79 Å². The molecule has 0 aliphatic carbocycles. The van der Waals surface area contributed by atoms with Gasteiger partial charge in [-0.25, -0.2) is 0 Å². The third-order valence-corrected chi connectivity index (χ3v) is 7.76. The lowest BCUT2D eigenvalue weighted by molar-refractivity contribution is -0.163. The molecule has 4 rings (SSSR count). The van der Waals surface area contributed by atoms with Gasteiger partial charge >= 0.3 is 0 Å². The second-order valence-electron chi connectivity index (χ2n) is 10.4. The largest absolute Gasteiger partial charge is 0.348 e. The highest BCUT2D eigenvalue weighted by Crippen LogP contribution is 2.53. The van der Waals surface area contributed by atoms with E-state index in [0.717, 1.165) is 17.4 Å². The summed E-state index contributed by atoms with van der Waals surface area (Å²) in [7, 11) is 0. The number of aldehydes is 1. The van der Waals surface area contributed by atoms with Crippen molar-refractivity contribution in [3.63, 3.8) is 0 Å². The summed E-state index contributed by atoms with van der Waals surface area (Å²) in [6.45, 7) is 8.12. The number of hydrogen-bond acceptors (Lipinski definition) is 4. The normalized spacial score (nSPS) is 29.3. The van der Waals surface area contributed by atoms with E-state index in [4.69, 9.17) is 32.7 Å². The Hall–Kier alpha value is -1.92. The number of likely N-dealkylation sites (tertiary alicyclic amines) is 1. The monoisotopic (exact) mass is 517 g/mol. The Balaban J connectivity index is 1.83. The van der Waals surface area contributed by atoms with E-state index in [0.29, 0.717) is 35.9 Å². The molecule has 5 nitrogen and oxygen atoms in total. The van der Waals surface area contributed by atoms with Gasteiger partial charge < -0.3 is 19.2 Å². The van der Waals surface area contributed by atoms with Crippen LogP contribution in [0, 0.1) is 5.41 Å². The molecule has 35 heavy (non-hydrogen) atoms. The van der Waals surface area contributed by atoms with Crippen LogP contribution < -0.4 is 0 Å². The molecule has 7 heteroatoms. The molecule has 2 saturated heterocycles. The number of ether oxygens (including phenoxy) is 2. The highest BCUT2D eigenvalue weighted by molar-refractivity contribution is 6.30. The lowest BCUT2D eigenvalue weighted by Crippen LogP contribution is -2.56. The summed E-state index contributed by atoms with van der Waals surface area (Å²) in [6, 6.07) is 14.5. The van der Waals surface area contributed by atoms with E-state index in [1.165, 1.54) is 0 Å². The summed E-state index contributed by atoms with van der Waals surface area (Å²) < 4.78 is 11.9. The Labute approximate surface area is 217 Å². The smallest absolute Gasteiger partial charge is 0.229 e. The standard InChI is InChI=1S/C28H33Cl2NO4/c1-5-22(16-32)31-25(18-9-11-20(29)12-10-18)24(19-7-6-8-21(30)13-19)15-28(4,26(31)33)14-23-17-34-27(2,3)35-23/h6-13,16,22-25H,5,14-15,17H2,1-4H3/t22?,23?,24-,25?,28+/m1/s1. The molecular formula is C28H33Cl2NO4. The number of halogens is 2. The predicted molar refractivity (Wildman–Crippen MR) is 138 cm³/mol. The van der Waals surface area contributed by atoms with E-state index in [-0.39, 0.29) is 24.0 Å². The molecule has 0 bridgehead atoms. The second-order valence-corrected chi connectivity index (χ2v) is 11.3. The van der Waals surface area contributed by atoms with Crippen molar-refractivity contribution < 1.29 is 19.1 Å². The van der Waals surface area contributed by atoms with Crippen LogP contribution in [-0.2, 0) is 19.1 Å². The summed E-state index contributed by atoms with van der Waals surface area (Å²) in [5, 5.41) is 1.26. The molecule has 5 atom stereocenters. The van der Waals surface area contributed by atoms with Gasteiger partial charge in [0.05, 0.1) is 24.8 Å². The topological polar surface area (TPSA) is 55.8 Å². The number of carbonyl (C=O) groups is 2. The van der Waals surface area contributed by atoms with Crippen molar-refractivity contribution >= 4 is 35.4 Å². The fourth-order valence-electron chi connectivity index (χ4n) is 5.66. The number of amides is 1. The number of nitrogens with zero attached hydrogens (tertiary/aromatic N) is 1. The maximum absolute atomic E-state index is 14.3. The quantitative estimate of drug-likeness (QED) is 0.389. The number of piperidine rings is 1. The third kappa shape index (κ3) is 5.43. The highest BCUT2D eigenvalue weighted by Gasteiger charge is 2.53. The Bertz CT molecular complexity index is 1070. The lowest BCUT2D eigenvalue weighted by Gasteiger charge is -2.51. The zero-order valence-electron chi connectivity index (χ0n) is 20.7. The average Bonchev–Trinajstić information content (AvgIpc) is 3.15. The van der Waals surface area contributed by atoms with Gasteiger partial charge in [0, 0.05) is 21.4 Å². The molecule has 3 unspecified atom stereocenters. The van der Waals surface area contributed by atoms with E-state index in [2.05, 4.69) is 0 Å². The molecule has 0 saturated carbocycles. The average molecular weight is 518 g/mol. The third-order valence-electron chi connectivity index (χ3n) is 7.27. The molecule has 2 fully saturated rings. The van der Waals surface area contributed by atoms with Crippen LogP contribution >= 0.6 is 23.2 Å². The van der Waals surface area contributed by atoms with Crippen molar-refractivity contribution in [3.8, 4) is 0 Å². The first kappa shape index (κ1) is 26.2. The molecule has 0 N–H and O–H groups in total. The first-order valence-corrected chi connectivity index (χ1v) is 12.9. The summed E-state index contributed by atoms with van der Waals surface area (Å²) in [5.41, 5.74) is 1.23. The number of benzene rings is 2. The summed E-state index contributed by atoms with van der Waals surface area (Å²) in [5.74, 6) is -0.796. The van der Waals surface area contributed by atoms with Crippen LogP contribution in [0.2, 0.25) is 10.0 Å². The molecule has 188 valence electrons. The van der Waals surface area contributed by atoms with Crippen molar-refractivity contribution in [1.29, 1.82) is 0 Å². The maximum Gasteiger partial charge on any atom is 0.229 e. The molecule has 1 amide bonds. The molecule has 2 aliphatic heterocycles. The van der Waals surface area contributed by atoms with E-state index < -0.39 is 17.2 Å². The molecule has 2 aliphatic rings. The van der Waals surface area contributed by atoms with Gasteiger partial charge in [0.2, 0.25) is 5.91 Å². The Morgan fingerprint density at radius 3 is 2.37 bits per heavy atom. The molecule has 2 aromatic carbocycles. The highest BCUT2D eigenvalue weighted by atomic mass is 35.5. The fraction of sp³-hybridized carbons (Fsp3) is 0.500. The van der Waals surface area contributed by atoms with Gasteiger partial charge in [-0.1, -0.05) is 61.3 Å². The number of carbonyl (C=O) groups excluding carboxylic acids is 2. The Morgan fingerprint density at radius 1 is 1.09 bits per heavy atom. The van der Waals surface area contributed by atoms with Gasteiger partial charge in [0.1, 0.15) is 6.29 Å². The van der Waals surface area contributed by atoms with Crippen molar-refractivity contribution in [2.24, 2.45) is 5.41 Å². The van der Waals surface area contributed by atoms with Crippen LogP contribution in [-0.4, -0.2) is 41.6 Å². The SMILES string of the molecule is CCC(C=O)N1C(=O)[C@@](C)(CC2COC(C)(C)O2)C[C@H](c2cccc(Cl)c2)C1c1ccc(Cl)cc1. The van der Waals surface area contributed by atoms with Gasteiger partial charge in [-0.05, 0) is 68.5 Å². The fourth-order valence-corrected chi connectivity index (χ4v) is 5.98. The van der Waals surface area contributed by atoms with Gasteiger partial charge in [-0.2, -0.15) is 0 Å². The summed E-state index contributed by atoms with van der Waals surface area (Å²) in [6.07, 6.45) is 2.30. The Morgan fingerprint density at radius 2 is 1.80 bits per heavy atom. The number of rotatable bonds is 7. The van der Waals surface area contributed by atoms with Crippen molar-refractivity contribution in [1.82, 2.24) is 4.90 Å². The molecule has 2 aromatic rings. The minimum Gasteiger partial charge on any atom is -0.348 e. The molecule has 0 spiro atoms. The van der Waals surface area contributed by atoms with Crippen molar-refractivity contribution in [2.75, 3.05) is 6.61 Å². The van der Waals surface area contributed by atoms with Crippen LogP contribution in [0.15, 0.2) is 48.5 Å². The van der Waals surface area contributed by atoms with Gasteiger partial charge in [0.15, 0.2) is 5.79 Å². The summed E-state index contributed by atoms with van der Waals surface area (Å²) in [4.78, 5) is 28.3. The molecule has 0 radical (unpaired) electrons. The first-order valence-electron chi connectivity index (χ1n) is 12.2. The van der Waals surface area contributed by atoms with Crippen LogP contribution in [0.1, 0.15) is 70.0 Å². The van der Waals surface area contributed by atoms with E-state index in [1.54, 1.807) is 4.90 Å². The minimum absolute atomic E-state index is 0.0389. The first-order chi connectivity index (χ1) is 16.6. The second kappa shape index (κ2) is 10.2. The molecule has 2 heterocycles. The number of hydrogen-bond donors (Lipinski definition) is 0. The van der Waals surface area contributed by atoms with Crippen LogP contribution in [0.25, 0.3) is 0 Å². The van der Waals surface area contributed by atoms with Crippen LogP contribution in [0.3, 0.4) is 0 Å². The zero-order chi connectivity index (χ0) is 25.4. The molecule has 0 aromatic heterocycles. The van der Waals surface area contributed by atoms with Gasteiger partial charge in [0.25, 0.3) is 0 Å². The summed E-state index contributed by atoms with van der Waals surface area (Å²) >= 11 is 12.6. The van der Waals surface area contributed by atoms with Crippen LogP contribution in [0.4, 0.5) is 0 Å². The van der Waals surface area contributed by atoms with Crippen molar-refractivity contribution in [3.05, 3.63) is 69.7 Å². The predicted octanol–water partition coefficient (Wildman–Crippen LogP) is 6.58. The van der Waals surface area contributed by atoms with Gasteiger partial charge in [-0.15, -0.1) is 0 Å². The molecular weight excluding hydrogens is 485 g/mol. The Kier molecular flexibility index (Phi) is 7.63. The van der Waals surface area contributed by atoms with Crippen LogP contribution in [0.5, 0.6) is 0 Å². The van der Waals surface area contributed by atoms with E-state index in [1.807, 2.05) is 76.2 Å². The maximum atomic E-state index is 14.3.